The first-order valence-electron chi connectivity index (χ1n) is 7.86. The van der Waals surface area contributed by atoms with Crippen molar-refractivity contribution in [1.82, 2.24) is 19.4 Å². The van der Waals surface area contributed by atoms with E-state index in [-0.39, 0.29) is 23.2 Å². The SMILES string of the molecule is CC(C)n1nccc1S(=O)(=O)NC1COCC1N1CCCC1. The van der Waals surface area contributed by atoms with Crippen LogP contribution in [0.4, 0.5) is 0 Å². The van der Waals surface area contributed by atoms with Crippen LogP contribution in [-0.2, 0) is 14.8 Å². The highest BCUT2D eigenvalue weighted by atomic mass is 32.2. The monoisotopic (exact) mass is 328 g/mol. The maximum absolute atomic E-state index is 12.7. The van der Waals surface area contributed by atoms with Gasteiger partial charge in [0.1, 0.15) is 0 Å². The molecule has 1 N–H and O–H groups in total. The van der Waals surface area contributed by atoms with Gasteiger partial charge in [0, 0.05) is 6.04 Å². The average Bonchev–Trinajstić information content (AvgIpc) is 3.19. The van der Waals surface area contributed by atoms with Gasteiger partial charge in [-0.2, -0.15) is 5.10 Å². The van der Waals surface area contributed by atoms with Crippen molar-refractivity contribution < 1.29 is 13.2 Å². The minimum Gasteiger partial charge on any atom is -0.378 e. The Balaban J connectivity index is 1.77. The molecule has 2 fully saturated rings. The molecule has 8 heteroatoms. The summed E-state index contributed by atoms with van der Waals surface area (Å²) in [6.45, 7) is 6.90. The smallest absolute Gasteiger partial charge is 0.258 e. The summed E-state index contributed by atoms with van der Waals surface area (Å²) in [6, 6.07) is 1.48. The van der Waals surface area contributed by atoms with E-state index in [0.29, 0.717) is 13.2 Å². The molecule has 0 bridgehead atoms. The van der Waals surface area contributed by atoms with Gasteiger partial charge in [0.25, 0.3) is 10.0 Å². The largest absolute Gasteiger partial charge is 0.378 e. The van der Waals surface area contributed by atoms with Crippen molar-refractivity contribution in [1.29, 1.82) is 0 Å². The predicted octanol–water partition coefficient (Wildman–Crippen LogP) is 0.606. The van der Waals surface area contributed by atoms with Crippen LogP contribution < -0.4 is 4.72 Å². The minimum absolute atomic E-state index is 0.00391. The van der Waals surface area contributed by atoms with Crippen molar-refractivity contribution in [3.05, 3.63) is 12.3 Å². The van der Waals surface area contributed by atoms with Gasteiger partial charge in [-0.1, -0.05) is 0 Å². The number of likely N-dealkylation sites (tertiary alicyclic amines) is 1. The second kappa shape index (κ2) is 6.27. The van der Waals surface area contributed by atoms with Gasteiger partial charge < -0.3 is 4.74 Å². The fraction of sp³-hybridized carbons (Fsp3) is 0.786. The fourth-order valence-electron chi connectivity index (χ4n) is 3.25. The zero-order valence-corrected chi connectivity index (χ0v) is 13.9. The average molecular weight is 328 g/mol. The molecule has 0 aliphatic carbocycles. The summed E-state index contributed by atoms with van der Waals surface area (Å²) in [4.78, 5) is 2.33. The van der Waals surface area contributed by atoms with E-state index >= 15 is 0 Å². The number of ether oxygens (including phenoxy) is 1. The number of sulfonamides is 1. The molecule has 2 saturated heterocycles. The van der Waals surface area contributed by atoms with Gasteiger partial charge in [-0.15, -0.1) is 0 Å². The van der Waals surface area contributed by atoms with Gasteiger partial charge in [0.05, 0.1) is 31.5 Å². The zero-order valence-electron chi connectivity index (χ0n) is 13.1. The molecule has 3 heterocycles. The Morgan fingerprint density at radius 2 is 2.05 bits per heavy atom. The molecule has 0 aromatic carbocycles. The van der Waals surface area contributed by atoms with E-state index in [1.807, 2.05) is 13.8 Å². The molecule has 3 rings (SSSR count). The molecule has 0 radical (unpaired) electrons. The van der Waals surface area contributed by atoms with E-state index in [2.05, 4.69) is 14.7 Å². The second-order valence-electron chi connectivity index (χ2n) is 6.28. The van der Waals surface area contributed by atoms with Crippen LogP contribution in [0.15, 0.2) is 17.3 Å². The summed E-state index contributed by atoms with van der Waals surface area (Å²) < 4.78 is 35.3. The molecule has 2 unspecified atom stereocenters. The molecule has 0 saturated carbocycles. The van der Waals surface area contributed by atoms with Crippen LogP contribution in [0.2, 0.25) is 0 Å². The molecule has 2 aliphatic rings. The molecule has 2 atom stereocenters. The minimum atomic E-state index is -3.59. The normalized spacial score (nSPS) is 27.0. The lowest BCUT2D eigenvalue weighted by Gasteiger charge is -2.27. The Kier molecular flexibility index (Phi) is 4.54. The van der Waals surface area contributed by atoms with Crippen LogP contribution in [-0.4, -0.2) is 61.5 Å². The van der Waals surface area contributed by atoms with E-state index in [0.717, 1.165) is 13.1 Å². The molecule has 7 nitrogen and oxygen atoms in total. The summed E-state index contributed by atoms with van der Waals surface area (Å²) in [6.07, 6.45) is 3.88. The fourth-order valence-corrected chi connectivity index (χ4v) is 4.74. The van der Waals surface area contributed by atoms with E-state index < -0.39 is 10.0 Å². The third kappa shape index (κ3) is 3.05. The zero-order chi connectivity index (χ0) is 15.7. The molecule has 22 heavy (non-hydrogen) atoms. The predicted molar refractivity (Wildman–Crippen MR) is 82.1 cm³/mol. The van der Waals surface area contributed by atoms with Gasteiger partial charge in [0.15, 0.2) is 5.03 Å². The third-order valence-corrected chi connectivity index (χ3v) is 5.85. The van der Waals surface area contributed by atoms with Crippen LogP contribution in [0.3, 0.4) is 0 Å². The second-order valence-corrected chi connectivity index (χ2v) is 7.94. The molecule has 2 aliphatic heterocycles. The van der Waals surface area contributed by atoms with E-state index in [1.165, 1.54) is 23.7 Å². The van der Waals surface area contributed by atoms with Crippen LogP contribution >= 0.6 is 0 Å². The van der Waals surface area contributed by atoms with Gasteiger partial charge in [-0.3, -0.25) is 9.58 Å². The number of hydrogen-bond acceptors (Lipinski definition) is 5. The Hall–Kier alpha value is -0.960. The van der Waals surface area contributed by atoms with Gasteiger partial charge in [-0.25, -0.2) is 13.1 Å². The first kappa shape index (κ1) is 15.9. The lowest BCUT2D eigenvalue weighted by atomic mass is 10.1. The standard InChI is InChI=1S/C14H24N4O3S/c1-11(2)18-14(5-6-15-18)22(19,20)16-12-9-21-10-13(12)17-7-3-4-8-17/h5-6,11-13,16H,3-4,7-10H2,1-2H3. The quantitative estimate of drug-likeness (QED) is 0.857. The van der Waals surface area contributed by atoms with Gasteiger partial charge >= 0.3 is 0 Å². The number of hydrogen-bond donors (Lipinski definition) is 1. The topological polar surface area (TPSA) is 76.5 Å². The molecule has 124 valence electrons. The van der Waals surface area contributed by atoms with Crippen LogP contribution in [0.1, 0.15) is 32.7 Å². The van der Waals surface area contributed by atoms with Gasteiger partial charge in [0.2, 0.25) is 0 Å². The number of nitrogens with one attached hydrogen (secondary N) is 1. The van der Waals surface area contributed by atoms with Crippen LogP contribution in [0.5, 0.6) is 0 Å². The van der Waals surface area contributed by atoms with Crippen molar-refractivity contribution in [2.45, 2.75) is 49.8 Å². The molecule has 0 amide bonds. The Labute approximate surface area is 131 Å². The summed E-state index contributed by atoms with van der Waals surface area (Å²) in [5, 5.41) is 4.33. The third-order valence-electron chi connectivity index (χ3n) is 4.37. The van der Waals surface area contributed by atoms with E-state index in [4.69, 9.17) is 4.74 Å². The summed E-state index contributed by atoms with van der Waals surface area (Å²) in [5.41, 5.74) is 0. The highest BCUT2D eigenvalue weighted by Gasteiger charge is 2.37. The van der Waals surface area contributed by atoms with E-state index in [9.17, 15) is 8.42 Å². The van der Waals surface area contributed by atoms with Crippen LogP contribution in [0.25, 0.3) is 0 Å². The highest BCUT2D eigenvalue weighted by Crippen LogP contribution is 2.21. The molecular formula is C14H24N4O3S. The Morgan fingerprint density at radius 1 is 1.32 bits per heavy atom. The van der Waals surface area contributed by atoms with Crippen molar-refractivity contribution in [3.63, 3.8) is 0 Å². The summed E-state index contributed by atoms with van der Waals surface area (Å²) in [5.74, 6) is 0. The summed E-state index contributed by atoms with van der Waals surface area (Å²) >= 11 is 0. The Morgan fingerprint density at radius 3 is 2.73 bits per heavy atom. The van der Waals surface area contributed by atoms with Crippen molar-refractivity contribution >= 4 is 10.0 Å². The van der Waals surface area contributed by atoms with Crippen molar-refractivity contribution in [2.75, 3.05) is 26.3 Å². The lowest BCUT2D eigenvalue weighted by molar-refractivity contribution is 0.159. The number of nitrogens with zero attached hydrogens (tertiary/aromatic N) is 3. The number of aromatic nitrogens is 2. The maximum Gasteiger partial charge on any atom is 0.258 e. The van der Waals surface area contributed by atoms with Crippen LogP contribution in [0, 0.1) is 0 Å². The van der Waals surface area contributed by atoms with E-state index in [1.54, 1.807) is 6.07 Å². The van der Waals surface area contributed by atoms with Crippen molar-refractivity contribution in [2.24, 2.45) is 0 Å². The maximum atomic E-state index is 12.7. The first-order valence-corrected chi connectivity index (χ1v) is 9.35. The molecule has 1 aromatic rings. The highest BCUT2D eigenvalue weighted by molar-refractivity contribution is 7.89. The molecule has 1 aromatic heterocycles. The number of rotatable bonds is 5. The Bertz CT molecular complexity index is 607. The first-order chi connectivity index (χ1) is 10.5. The molecule has 0 spiro atoms. The van der Waals surface area contributed by atoms with Crippen molar-refractivity contribution in [3.8, 4) is 0 Å². The van der Waals surface area contributed by atoms with Gasteiger partial charge in [-0.05, 0) is 45.8 Å². The lowest BCUT2D eigenvalue weighted by Crippen LogP contribution is -2.50. The molecular weight excluding hydrogens is 304 g/mol. The summed E-state index contributed by atoms with van der Waals surface area (Å²) in [7, 11) is -3.59.